The third-order valence-electron chi connectivity index (χ3n) is 5.79. The van der Waals surface area contributed by atoms with E-state index >= 15 is 0 Å². The third-order valence-corrected chi connectivity index (χ3v) is 5.79. The fourth-order valence-corrected chi connectivity index (χ4v) is 4.12. The van der Waals surface area contributed by atoms with E-state index in [0.29, 0.717) is 11.5 Å². The molecule has 1 saturated heterocycles. The molecule has 2 aliphatic heterocycles. The average molecular weight is 420 g/mol. The minimum absolute atomic E-state index is 0.191. The number of piperidine rings is 1. The second kappa shape index (κ2) is 8.99. The monoisotopic (exact) mass is 419 g/mol. The molecule has 3 N–H and O–H groups in total. The lowest BCUT2D eigenvalue weighted by atomic mass is 9.99. The molecule has 160 valence electrons. The lowest BCUT2D eigenvalue weighted by molar-refractivity contribution is 0.164. The van der Waals surface area contributed by atoms with E-state index < -0.39 is 0 Å². The first kappa shape index (κ1) is 19.9. The first-order valence-corrected chi connectivity index (χ1v) is 10.9. The van der Waals surface area contributed by atoms with Crippen molar-refractivity contribution in [1.29, 1.82) is 0 Å². The Hall–Kier alpha value is -3.03. The molecule has 3 heterocycles. The van der Waals surface area contributed by atoms with Gasteiger partial charge >= 0.3 is 0 Å². The van der Waals surface area contributed by atoms with Crippen molar-refractivity contribution in [3.8, 4) is 5.75 Å². The Morgan fingerprint density at radius 3 is 2.81 bits per heavy atom. The van der Waals surface area contributed by atoms with Crippen molar-refractivity contribution in [3.05, 3.63) is 60.1 Å². The summed E-state index contributed by atoms with van der Waals surface area (Å²) in [6.07, 6.45) is 6.80. The number of rotatable bonds is 5. The van der Waals surface area contributed by atoms with Crippen LogP contribution in [0.2, 0.25) is 0 Å². The van der Waals surface area contributed by atoms with Gasteiger partial charge in [0, 0.05) is 29.4 Å². The highest BCUT2D eigenvalue weighted by Crippen LogP contribution is 2.29. The number of para-hydroxylation sites is 1. The zero-order chi connectivity index (χ0) is 21.0. The van der Waals surface area contributed by atoms with Gasteiger partial charge in [-0.15, -0.1) is 0 Å². The van der Waals surface area contributed by atoms with Crippen molar-refractivity contribution >= 4 is 28.1 Å². The van der Waals surface area contributed by atoms with Gasteiger partial charge in [-0.05, 0) is 68.7 Å². The summed E-state index contributed by atoms with van der Waals surface area (Å²) in [5, 5.41) is 10.8. The molecule has 0 atom stereocenters. The van der Waals surface area contributed by atoms with E-state index in [9.17, 15) is 4.39 Å². The van der Waals surface area contributed by atoms with Gasteiger partial charge in [0.05, 0.1) is 0 Å². The normalized spacial score (nSPS) is 17.4. The van der Waals surface area contributed by atoms with E-state index in [1.807, 2.05) is 30.3 Å². The lowest BCUT2D eigenvalue weighted by Gasteiger charge is -2.24. The standard InChI is InChI=1S/C24H26FN5O/c25-21-5-4-18(14-20(21)16-6-10-26-11-7-16)29-24-28-15-17-2-1-3-22(23(17)30-24)31-19-8-12-27-13-9-19/h1-6,14-15,19,26-27H,7-13H2,(H,28,29,30). The van der Waals surface area contributed by atoms with Crippen LogP contribution in [0.1, 0.15) is 24.8 Å². The molecule has 0 amide bonds. The molecule has 3 aromatic rings. The number of nitrogens with zero attached hydrogens (tertiary/aromatic N) is 2. The molecule has 0 saturated carbocycles. The molecule has 0 radical (unpaired) electrons. The fourth-order valence-electron chi connectivity index (χ4n) is 4.12. The molecule has 0 unspecified atom stereocenters. The Labute approximate surface area is 180 Å². The number of anilines is 2. The summed E-state index contributed by atoms with van der Waals surface area (Å²) >= 11 is 0. The Bertz CT molecular complexity index is 1110. The third kappa shape index (κ3) is 4.52. The van der Waals surface area contributed by atoms with Crippen molar-refractivity contribution in [3.63, 3.8) is 0 Å². The quantitative estimate of drug-likeness (QED) is 0.580. The Kier molecular flexibility index (Phi) is 5.78. The summed E-state index contributed by atoms with van der Waals surface area (Å²) in [5.74, 6) is 1.02. The van der Waals surface area contributed by atoms with Crippen LogP contribution in [-0.4, -0.2) is 42.3 Å². The molecule has 31 heavy (non-hydrogen) atoms. The van der Waals surface area contributed by atoms with E-state index in [-0.39, 0.29) is 11.9 Å². The van der Waals surface area contributed by atoms with Gasteiger partial charge in [-0.25, -0.2) is 14.4 Å². The maximum atomic E-state index is 14.4. The van der Waals surface area contributed by atoms with E-state index in [4.69, 9.17) is 9.72 Å². The summed E-state index contributed by atoms with van der Waals surface area (Å²) in [7, 11) is 0. The molecule has 0 bridgehead atoms. The molecule has 1 fully saturated rings. The second-order valence-corrected chi connectivity index (χ2v) is 7.96. The van der Waals surface area contributed by atoms with E-state index in [2.05, 4.69) is 20.9 Å². The van der Waals surface area contributed by atoms with Gasteiger partial charge in [-0.2, -0.15) is 0 Å². The van der Waals surface area contributed by atoms with E-state index in [0.717, 1.165) is 73.4 Å². The van der Waals surface area contributed by atoms with Gasteiger partial charge in [-0.1, -0.05) is 18.2 Å². The molecule has 2 aliphatic rings. The van der Waals surface area contributed by atoms with E-state index in [1.54, 1.807) is 12.3 Å². The fraction of sp³-hybridized carbons (Fsp3) is 0.333. The number of benzene rings is 2. The summed E-state index contributed by atoms with van der Waals surface area (Å²) in [5.41, 5.74) is 3.19. The highest BCUT2D eigenvalue weighted by molar-refractivity contribution is 5.85. The van der Waals surface area contributed by atoms with Crippen LogP contribution in [0.5, 0.6) is 5.75 Å². The van der Waals surface area contributed by atoms with Crippen molar-refractivity contribution in [2.24, 2.45) is 0 Å². The number of halogens is 1. The summed E-state index contributed by atoms with van der Waals surface area (Å²) in [4.78, 5) is 9.17. The van der Waals surface area contributed by atoms with Crippen LogP contribution in [0.4, 0.5) is 16.0 Å². The van der Waals surface area contributed by atoms with Crippen LogP contribution in [0, 0.1) is 5.82 Å². The zero-order valence-corrected chi connectivity index (χ0v) is 17.3. The number of fused-ring (bicyclic) bond motifs is 1. The van der Waals surface area contributed by atoms with E-state index in [1.165, 1.54) is 6.07 Å². The summed E-state index contributed by atoms with van der Waals surface area (Å²) in [6, 6.07) is 10.9. The SMILES string of the molecule is Fc1ccc(Nc2ncc3cccc(OC4CCNCC4)c3n2)cc1C1=CCNCC1. The molecule has 1 aromatic heterocycles. The highest BCUT2D eigenvalue weighted by atomic mass is 19.1. The smallest absolute Gasteiger partial charge is 0.227 e. The van der Waals surface area contributed by atoms with Crippen molar-refractivity contribution in [1.82, 2.24) is 20.6 Å². The molecule has 0 spiro atoms. The van der Waals surface area contributed by atoms with Gasteiger partial charge in [-0.3, -0.25) is 0 Å². The number of ether oxygens (including phenoxy) is 1. The Morgan fingerprint density at radius 1 is 1.06 bits per heavy atom. The largest absolute Gasteiger partial charge is 0.488 e. The van der Waals surface area contributed by atoms with Crippen LogP contribution in [0.3, 0.4) is 0 Å². The minimum atomic E-state index is -0.212. The van der Waals surface area contributed by atoms with Crippen LogP contribution >= 0.6 is 0 Å². The number of nitrogens with one attached hydrogen (secondary N) is 3. The molecule has 5 rings (SSSR count). The molecular weight excluding hydrogens is 393 g/mol. The van der Waals surface area contributed by atoms with Crippen LogP contribution in [0.25, 0.3) is 16.5 Å². The minimum Gasteiger partial charge on any atom is -0.488 e. The van der Waals surface area contributed by atoms with Crippen LogP contribution < -0.4 is 20.7 Å². The predicted molar refractivity (Wildman–Crippen MR) is 121 cm³/mol. The van der Waals surface area contributed by atoms with Crippen LogP contribution in [0.15, 0.2) is 48.7 Å². The molecule has 2 aromatic carbocycles. The first-order chi connectivity index (χ1) is 15.3. The number of aromatic nitrogens is 2. The molecular formula is C24H26FN5O. The second-order valence-electron chi connectivity index (χ2n) is 7.96. The molecule has 6 nitrogen and oxygen atoms in total. The maximum absolute atomic E-state index is 14.4. The predicted octanol–water partition coefficient (Wildman–Crippen LogP) is 4.02. The lowest BCUT2D eigenvalue weighted by Crippen LogP contribution is -2.34. The average Bonchev–Trinajstić information content (AvgIpc) is 2.82. The molecule has 7 heteroatoms. The van der Waals surface area contributed by atoms with Gasteiger partial charge in [0.2, 0.25) is 5.95 Å². The Balaban J connectivity index is 1.41. The van der Waals surface area contributed by atoms with Crippen molar-refractivity contribution in [2.45, 2.75) is 25.4 Å². The first-order valence-electron chi connectivity index (χ1n) is 10.9. The number of hydrogen-bond donors (Lipinski definition) is 3. The Morgan fingerprint density at radius 2 is 1.97 bits per heavy atom. The summed E-state index contributed by atoms with van der Waals surface area (Å²) in [6.45, 7) is 3.56. The maximum Gasteiger partial charge on any atom is 0.227 e. The van der Waals surface area contributed by atoms with Crippen molar-refractivity contribution < 1.29 is 9.13 Å². The zero-order valence-electron chi connectivity index (χ0n) is 17.3. The van der Waals surface area contributed by atoms with Crippen LogP contribution in [-0.2, 0) is 0 Å². The topological polar surface area (TPSA) is 71.1 Å². The highest BCUT2D eigenvalue weighted by Gasteiger charge is 2.17. The molecule has 0 aliphatic carbocycles. The van der Waals surface area contributed by atoms with Gasteiger partial charge in [0.1, 0.15) is 23.2 Å². The van der Waals surface area contributed by atoms with Gasteiger partial charge in [0.25, 0.3) is 0 Å². The summed E-state index contributed by atoms with van der Waals surface area (Å²) < 4.78 is 20.7. The number of hydrogen-bond acceptors (Lipinski definition) is 6. The van der Waals surface area contributed by atoms with Gasteiger partial charge < -0.3 is 20.7 Å². The van der Waals surface area contributed by atoms with Crippen molar-refractivity contribution in [2.75, 3.05) is 31.5 Å². The van der Waals surface area contributed by atoms with Gasteiger partial charge in [0.15, 0.2) is 0 Å².